The predicted molar refractivity (Wildman–Crippen MR) is 120 cm³/mol. The molecule has 1 N–H and O–H groups in total. The smallest absolute Gasteiger partial charge is 0.257 e. The van der Waals surface area contributed by atoms with E-state index in [2.05, 4.69) is 9.55 Å². The second-order valence-electron chi connectivity index (χ2n) is 7.91. The number of rotatable bonds is 7. The van der Waals surface area contributed by atoms with Crippen LogP contribution in [-0.4, -0.2) is 30.8 Å². The number of ketones is 1. The van der Waals surface area contributed by atoms with E-state index in [1.807, 2.05) is 65.0 Å². The third kappa shape index (κ3) is 4.67. The summed E-state index contributed by atoms with van der Waals surface area (Å²) in [5, 5.41) is 10.1. The van der Waals surface area contributed by atoms with E-state index < -0.39 is 0 Å². The van der Waals surface area contributed by atoms with E-state index >= 15 is 0 Å². The first-order chi connectivity index (χ1) is 14.2. The molecule has 2 aromatic heterocycles. The normalized spacial score (nSPS) is 11.3. The molecule has 3 aromatic rings. The van der Waals surface area contributed by atoms with E-state index in [4.69, 9.17) is 0 Å². The molecule has 3 rings (SSSR count). The van der Waals surface area contributed by atoms with E-state index in [9.17, 15) is 14.7 Å². The van der Waals surface area contributed by atoms with Crippen molar-refractivity contribution >= 4 is 17.5 Å². The number of nitrogens with zero attached hydrogens (tertiary/aromatic N) is 3. The first-order valence-corrected chi connectivity index (χ1v) is 10.9. The number of hydrogen-bond donors (Lipinski definition) is 1. The molecule has 0 bridgehead atoms. The van der Waals surface area contributed by atoms with Crippen LogP contribution in [0.25, 0.3) is 5.69 Å². The van der Waals surface area contributed by atoms with Gasteiger partial charge in [0.2, 0.25) is 5.88 Å². The van der Waals surface area contributed by atoms with Crippen LogP contribution >= 0.6 is 11.8 Å². The lowest BCUT2D eigenvalue weighted by atomic mass is 10.2. The monoisotopic (exact) mass is 425 g/mol. The third-order valence-electron chi connectivity index (χ3n) is 4.86. The lowest BCUT2D eigenvalue weighted by Gasteiger charge is -2.13. The molecular weight excluding hydrogens is 398 g/mol. The van der Waals surface area contributed by atoms with Crippen molar-refractivity contribution in [2.45, 2.75) is 46.3 Å². The molecule has 0 radical (unpaired) electrons. The molecule has 0 fully saturated rings. The number of benzene rings is 1. The van der Waals surface area contributed by atoms with Crippen LogP contribution in [0.1, 0.15) is 41.2 Å². The highest BCUT2D eigenvalue weighted by atomic mass is 32.2. The molecule has 2 heterocycles. The molecule has 0 amide bonds. The summed E-state index contributed by atoms with van der Waals surface area (Å²) in [4.78, 5) is 29.3. The summed E-state index contributed by atoms with van der Waals surface area (Å²) in [5.74, 6) is -0.00296. The zero-order chi connectivity index (χ0) is 22.0. The van der Waals surface area contributed by atoms with Crippen LogP contribution in [-0.2, 0) is 6.54 Å². The number of carbonyl (C=O) groups excluding carboxylic acids is 1. The van der Waals surface area contributed by atoms with E-state index in [-0.39, 0.29) is 28.9 Å². The quantitative estimate of drug-likeness (QED) is 0.347. The molecule has 0 aliphatic heterocycles. The Kier molecular flexibility index (Phi) is 6.51. The van der Waals surface area contributed by atoms with Gasteiger partial charge in [0.05, 0.1) is 11.8 Å². The minimum Gasteiger partial charge on any atom is -0.493 e. The molecule has 1 aromatic carbocycles. The van der Waals surface area contributed by atoms with Crippen molar-refractivity contribution < 1.29 is 9.90 Å². The second kappa shape index (κ2) is 8.92. The number of carbonyl (C=O) groups is 1. The van der Waals surface area contributed by atoms with E-state index in [0.717, 1.165) is 23.1 Å². The average molecular weight is 426 g/mol. The molecule has 0 aliphatic carbocycles. The Balaban J connectivity index is 1.85. The maximum atomic E-state index is 13.0. The zero-order valence-electron chi connectivity index (χ0n) is 18.0. The summed E-state index contributed by atoms with van der Waals surface area (Å²) in [7, 11) is 0. The number of aryl methyl sites for hydroxylation is 2. The molecule has 6 nitrogen and oxygen atoms in total. The maximum absolute atomic E-state index is 13.0. The highest BCUT2D eigenvalue weighted by Gasteiger charge is 2.19. The summed E-state index contributed by atoms with van der Waals surface area (Å²) < 4.78 is 3.58. The molecule has 158 valence electrons. The van der Waals surface area contributed by atoms with Crippen LogP contribution in [0.4, 0.5) is 0 Å². The highest BCUT2D eigenvalue weighted by molar-refractivity contribution is 7.99. The fraction of sp³-hybridized carbons (Fsp3) is 0.348. The third-order valence-corrected chi connectivity index (χ3v) is 5.84. The van der Waals surface area contributed by atoms with Gasteiger partial charge >= 0.3 is 0 Å². The Bertz CT molecular complexity index is 1130. The van der Waals surface area contributed by atoms with Crippen molar-refractivity contribution in [3.63, 3.8) is 0 Å². The Morgan fingerprint density at radius 2 is 1.80 bits per heavy atom. The van der Waals surface area contributed by atoms with Crippen molar-refractivity contribution in [1.29, 1.82) is 0 Å². The van der Waals surface area contributed by atoms with Gasteiger partial charge in [0.15, 0.2) is 10.9 Å². The van der Waals surface area contributed by atoms with Crippen LogP contribution in [0.2, 0.25) is 0 Å². The van der Waals surface area contributed by atoms with Gasteiger partial charge in [0, 0.05) is 29.2 Å². The number of Topliss-reactive ketones (excluding diaryl/α,β-unsaturated/α-hetero) is 1. The topological polar surface area (TPSA) is 77.1 Å². The largest absolute Gasteiger partial charge is 0.493 e. The maximum Gasteiger partial charge on any atom is 0.257 e. The molecule has 7 heteroatoms. The van der Waals surface area contributed by atoms with Crippen LogP contribution in [0.5, 0.6) is 5.88 Å². The molecule has 0 saturated heterocycles. The van der Waals surface area contributed by atoms with Gasteiger partial charge in [0.25, 0.3) is 5.56 Å². The first-order valence-electron chi connectivity index (χ1n) is 9.90. The number of thioether (sulfide) groups is 1. The fourth-order valence-electron chi connectivity index (χ4n) is 3.46. The second-order valence-corrected chi connectivity index (χ2v) is 8.85. The Labute approximate surface area is 180 Å². The zero-order valence-corrected chi connectivity index (χ0v) is 18.8. The summed E-state index contributed by atoms with van der Waals surface area (Å²) in [6.45, 7) is 10.4. The Morgan fingerprint density at radius 1 is 1.13 bits per heavy atom. The van der Waals surface area contributed by atoms with E-state index in [1.165, 1.54) is 21.9 Å². The van der Waals surface area contributed by atoms with Crippen LogP contribution in [0, 0.1) is 26.7 Å². The minimum atomic E-state index is -0.326. The van der Waals surface area contributed by atoms with Gasteiger partial charge in [-0.25, -0.2) is 0 Å². The van der Waals surface area contributed by atoms with E-state index in [0.29, 0.717) is 17.3 Å². The minimum absolute atomic E-state index is 0.0415. The van der Waals surface area contributed by atoms with Crippen molar-refractivity contribution in [2.24, 2.45) is 5.92 Å². The lowest BCUT2D eigenvalue weighted by Crippen LogP contribution is -2.24. The molecule has 30 heavy (non-hydrogen) atoms. The molecular formula is C23H27N3O3S. The highest BCUT2D eigenvalue weighted by Crippen LogP contribution is 2.24. The molecule has 0 spiro atoms. The molecule has 0 atom stereocenters. The molecule has 0 aliphatic rings. The first kappa shape index (κ1) is 21.9. The average Bonchev–Trinajstić information content (AvgIpc) is 2.97. The summed E-state index contributed by atoms with van der Waals surface area (Å²) in [5.41, 5.74) is 4.40. The van der Waals surface area contributed by atoms with Crippen molar-refractivity contribution in [3.05, 3.63) is 69.3 Å². The SMILES string of the molecule is Cc1ccc(-n2c(C)cc(C(=O)CSc3nc(O)cc(=O)n3CC(C)C)c2C)cc1. The Morgan fingerprint density at radius 3 is 2.43 bits per heavy atom. The summed E-state index contributed by atoms with van der Waals surface area (Å²) >= 11 is 1.17. The van der Waals surface area contributed by atoms with Crippen molar-refractivity contribution in [3.8, 4) is 11.6 Å². The number of hydrogen-bond acceptors (Lipinski definition) is 5. The van der Waals surface area contributed by atoms with Crippen molar-refractivity contribution in [2.75, 3.05) is 5.75 Å². The van der Waals surface area contributed by atoms with Crippen LogP contribution < -0.4 is 5.56 Å². The number of aromatic hydroxyl groups is 1. The fourth-order valence-corrected chi connectivity index (χ4v) is 4.35. The lowest BCUT2D eigenvalue weighted by molar-refractivity contribution is 0.102. The van der Waals surface area contributed by atoms with Crippen LogP contribution in [0.15, 0.2) is 46.3 Å². The summed E-state index contributed by atoms with van der Waals surface area (Å²) in [6, 6.07) is 11.2. The van der Waals surface area contributed by atoms with Gasteiger partial charge in [-0.2, -0.15) is 4.98 Å². The molecule has 0 saturated carbocycles. The summed E-state index contributed by atoms with van der Waals surface area (Å²) in [6.07, 6.45) is 0. The Hall–Kier alpha value is -2.80. The predicted octanol–water partition coefficient (Wildman–Crippen LogP) is 4.30. The van der Waals surface area contributed by atoms with Gasteiger partial charge in [-0.1, -0.05) is 43.3 Å². The van der Waals surface area contributed by atoms with Crippen molar-refractivity contribution in [1.82, 2.24) is 14.1 Å². The van der Waals surface area contributed by atoms with Crippen LogP contribution in [0.3, 0.4) is 0 Å². The van der Waals surface area contributed by atoms with Gasteiger partial charge in [0.1, 0.15) is 0 Å². The molecule has 0 unspecified atom stereocenters. The van der Waals surface area contributed by atoms with Gasteiger partial charge < -0.3 is 9.67 Å². The van der Waals surface area contributed by atoms with E-state index in [1.54, 1.807) is 0 Å². The van der Waals surface area contributed by atoms with Gasteiger partial charge in [-0.05, 0) is 44.9 Å². The number of aromatic nitrogens is 3. The van der Waals surface area contributed by atoms with Gasteiger partial charge in [-0.15, -0.1) is 0 Å². The standard InChI is InChI=1S/C23H27N3O3S/c1-14(2)12-25-22(29)11-21(28)24-23(25)30-13-20(27)19-10-16(4)26(17(19)5)18-8-6-15(3)7-9-18/h6-11,14,28H,12-13H2,1-5H3. The van der Waals surface area contributed by atoms with Gasteiger partial charge in [-0.3, -0.25) is 14.2 Å².